The second kappa shape index (κ2) is 7.31. The maximum Gasteiger partial charge on any atom is 0.446 e. The molecule has 0 aliphatic rings. The predicted molar refractivity (Wildman–Crippen MR) is 84.8 cm³/mol. The van der Waals surface area contributed by atoms with Crippen molar-refractivity contribution < 1.29 is 18.0 Å². The van der Waals surface area contributed by atoms with Crippen molar-refractivity contribution in [1.29, 1.82) is 0 Å². The van der Waals surface area contributed by atoms with Crippen LogP contribution in [0.15, 0.2) is 29.2 Å². The summed E-state index contributed by atoms with van der Waals surface area (Å²) in [5, 5.41) is 11.7. The van der Waals surface area contributed by atoms with Crippen molar-refractivity contribution in [3.8, 4) is 0 Å². The fourth-order valence-corrected chi connectivity index (χ4v) is 3.20. The van der Waals surface area contributed by atoms with Gasteiger partial charge >= 0.3 is 5.51 Å². The Morgan fingerprint density at radius 2 is 1.91 bits per heavy atom. The zero-order chi connectivity index (χ0) is 17.0. The summed E-state index contributed by atoms with van der Waals surface area (Å²) in [5.74, 6) is 0.00554. The highest BCUT2D eigenvalue weighted by atomic mass is 32.2. The minimum Gasteiger partial charge on any atom is -0.296 e. The lowest BCUT2D eigenvalue weighted by Gasteiger charge is -2.06. The number of nitrogens with zero attached hydrogens (tertiary/aromatic N) is 2. The van der Waals surface area contributed by atoms with Crippen LogP contribution in [-0.4, -0.2) is 21.6 Å². The van der Waals surface area contributed by atoms with E-state index in [1.165, 1.54) is 35.6 Å². The lowest BCUT2D eigenvalue weighted by Crippen LogP contribution is -2.11. The van der Waals surface area contributed by atoms with Gasteiger partial charge < -0.3 is 0 Å². The number of carbonyl (C=O) groups excluding carboxylic acids is 1. The van der Waals surface area contributed by atoms with Crippen LogP contribution in [0.1, 0.15) is 29.2 Å². The van der Waals surface area contributed by atoms with Crippen LogP contribution in [0.4, 0.5) is 18.3 Å². The fraction of sp³-hybridized carbons (Fsp3) is 0.357. The number of aromatic nitrogens is 2. The highest BCUT2D eigenvalue weighted by Crippen LogP contribution is 2.36. The summed E-state index contributed by atoms with van der Waals surface area (Å²) in [6.07, 6.45) is 0.775. The van der Waals surface area contributed by atoms with Gasteiger partial charge in [-0.3, -0.25) is 10.1 Å². The molecule has 0 unspecified atom stereocenters. The molecule has 0 aliphatic heterocycles. The summed E-state index contributed by atoms with van der Waals surface area (Å²) in [7, 11) is 0. The molecule has 1 amide bonds. The third-order valence-corrected chi connectivity index (χ3v) is 4.22. The molecular formula is C14H14F3N3OS2. The number of hydrogen-bond donors (Lipinski definition) is 1. The molecule has 1 aromatic carbocycles. The van der Waals surface area contributed by atoms with E-state index in [0.29, 0.717) is 11.0 Å². The molecular weight excluding hydrogens is 347 g/mol. The number of amides is 1. The van der Waals surface area contributed by atoms with E-state index >= 15 is 0 Å². The van der Waals surface area contributed by atoms with Gasteiger partial charge in [0.1, 0.15) is 5.01 Å². The van der Waals surface area contributed by atoms with Crippen LogP contribution in [0.25, 0.3) is 0 Å². The third kappa shape index (κ3) is 5.83. The Hall–Kier alpha value is -1.61. The minimum atomic E-state index is -4.34. The number of nitrogens with one attached hydrogen (secondary N) is 1. The average Bonchev–Trinajstić information content (AvgIpc) is 2.84. The van der Waals surface area contributed by atoms with E-state index < -0.39 is 11.4 Å². The SMILES string of the molecule is CC(C)Cc1nnc(NC(=O)c2ccc(SC(F)(F)F)cc2)s1. The first-order valence-corrected chi connectivity index (χ1v) is 8.36. The van der Waals surface area contributed by atoms with Crippen LogP contribution in [0, 0.1) is 5.92 Å². The minimum absolute atomic E-state index is 0.0317. The van der Waals surface area contributed by atoms with Crippen molar-refractivity contribution in [3.05, 3.63) is 34.8 Å². The second-order valence-corrected chi connectivity index (χ2v) is 7.33. The van der Waals surface area contributed by atoms with Gasteiger partial charge in [-0.1, -0.05) is 25.2 Å². The summed E-state index contributed by atoms with van der Waals surface area (Å²) in [6.45, 7) is 4.11. The molecule has 0 bridgehead atoms. The van der Waals surface area contributed by atoms with Crippen molar-refractivity contribution in [1.82, 2.24) is 10.2 Å². The van der Waals surface area contributed by atoms with Crippen LogP contribution in [-0.2, 0) is 6.42 Å². The van der Waals surface area contributed by atoms with E-state index in [4.69, 9.17) is 0 Å². The number of thioether (sulfide) groups is 1. The second-order valence-electron chi connectivity index (χ2n) is 5.13. The Morgan fingerprint density at radius 3 is 2.48 bits per heavy atom. The molecule has 2 rings (SSSR count). The molecule has 2 aromatic rings. The number of alkyl halides is 3. The first-order valence-electron chi connectivity index (χ1n) is 6.72. The van der Waals surface area contributed by atoms with Crippen molar-refractivity contribution >= 4 is 34.1 Å². The maximum atomic E-state index is 12.3. The van der Waals surface area contributed by atoms with E-state index in [1.54, 1.807) is 0 Å². The molecule has 1 N–H and O–H groups in total. The van der Waals surface area contributed by atoms with E-state index in [2.05, 4.69) is 29.4 Å². The summed E-state index contributed by atoms with van der Waals surface area (Å²) in [4.78, 5) is 12.1. The Morgan fingerprint density at radius 1 is 1.26 bits per heavy atom. The monoisotopic (exact) mass is 361 g/mol. The van der Waals surface area contributed by atoms with Crippen LogP contribution in [0.5, 0.6) is 0 Å². The molecule has 1 heterocycles. The van der Waals surface area contributed by atoms with Gasteiger partial charge in [-0.05, 0) is 41.9 Å². The summed E-state index contributed by atoms with van der Waals surface area (Å²) < 4.78 is 36.8. The van der Waals surface area contributed by atoms with Crippen LogP contribution in [0.2, 0.25) is 0 Å². The van der Waals surface area contributed by atoms with Gasteiger partial charge in [0.25, 0.3) is 5.91 Å². The number of carbonyl (C=O) groups is 1. The number of halogens is 3. The van der Waals surface area contributed by atoms with Gasteiger partial charge in [-0.25, -0.2) is 0 Å². The molecule has 4 nitrogen and oxygen atoms in total. The van der Waals surface area contributed by atoms with Crippen LogP contribution in [0.3, 0.4) is 0 Å². The van der Waals surface area contributed by atoms with Gasteiger partial charge in [0, 0.05) is 16.9 Å². The summed E-state index contributed by atoms with van der Waals surface area (Å²) in [5.41, 5.74) is -4.08. The third-order valence-electron chi connectivity index (χ3n) is 2.62. The van der Waals surface area contributed by atoms with Crippen LogP contribution >= 0.6 is 23.1 Å². The summed E-state index contributed by atoms with van der Waals surface area (Å²) >= 11 is 1.07. The van der Waals surface area contributed by atoms with Crippen molar-refractivity contribution in [2.75, 3.05) is 5.32 Å². The molecule has 0 radical (unpaired) electrons. The molecule has 0 saturated carbocycles. The van der Waals surface area contributed by atoms with Gasteiger partial charge in [-0.15, -0.1) is 10.2 Å². The highest BCUT2D eigenvalue weighted by Gasteiger charge is 2.29. The Balaban J connectivity index is 1.99. The number of benzene rings is 1. The van der Waals surface area contributed by atoms with Gasteiger partial charge in [0.15, 0.2) is 0 Å². The standard InChI is InChI=1S/C14H14F3N3OS2/c1-8(2)7-11-19-20-13(22-11)18-12(21)9-3-5-10(6-4-9)23-14(15,16)17/h3-6,8H,7H2,1-2H3,(H,18,20,21). The first kappa shape index (κ1) is 17.7. The smallest absolute Gasteiger partial charge is 0.296 e. The molecule has 124 valence electrons. The van der Waals surface area contributed by atoms with E-state index in [-0.39, 0.29) is 22.2 Å². The van der Waals surface area contributed by atoms with Crippen molar-refractivity contribution in [2.24, 2.45) is 5.92 Å². The molecule has 23 heavy (non-hydrogen) atoms. The zero-order valence-electron chi connectivity index (χ0n) is 12.3. The lowest BCUT2D eigenvalue weighted by molar-refractivity contribution is -0.0328. The molecule has 1 aromatic heterocycles. The Kier molecular flexibility index (Phi) is 5.64. The largest absolute Gasteiger partial charge is 0.446 e. The average molecular weight is 361 g/mol. The Labute approximate surface area is 139 Å². The van der Waals surface area contributed by atoms with E-state index in [1.807, 2.05) is 0 Å². The van der Waals surface area contributed by atoms with Gasteiger partial charge in [0.05, 0.1) is 0 Å². The fourth-order valence-electron chi connectivity index (χ4n) is 1.71. The van der Waals surface area contributed by atoms with E-state index in [9.17, 15) is 18.0 Å². The molecule has 0 aliphatic carbocycles. The molecule has 0 saturated heterocycles. The number of hydrogen-bond acceptors (Lipinski definition) is 5. The van der Waals surface area contributed by atoms with Gasteiger partial charge in [-0.2, -0.15) is 13.2 Å². The topological polar surface area (TPSA) is 54.9 Å². The normalized spacial score (nSPS) is 11.7. The molecule has 0 spiro atoms. The van der Waals surface area contributed by atoms with Crippen molar-refractivity contribution in [3.63, 3.8) is 0 Å². The van der Waals surface area contributed by atoms with E-state index in [0.717, 1.165) is 11.4 Å². The summed E-state index contributed by atoms with van der Waals surface area (Å²) in [6, 6.07) is 5.22. The maximum absolute atomic E-state index is 12.3. The first-order chi connectivity index (χ1) is 10.7. The molecule has 0 atom stereocenters. The quantitative estimate of drug-likeness (QED) is 0.791. The number of anilines is 1. The predicted octanol–water partition coefficient (Wildman–Crippen LogP) is 4.60. The molecule has 9 heteroatoms. The zero-order valence-corrected chi connectivity index (χ0v) is 14.0. The highest BCUT2D eigenvalue weighted by molar-refractivity contribution is 8.00. The van der Waals surface area contributed by atoms with Crippen LogP contribution < -0.4 is 5.32 Å². The number of rotatable bonds is 5. The lowest BCUT2D eigenvalue weighted by atomic mass is 10.1. The van der Waals surface area contributed by atoms with Crippen molar-refractivity contribution in [2.45, 2.75) is 30.7 Å². The Bertz CT molecular complexity index is 669. The molecule has 0 fully saturated rings. The van der Waals surface area contributed by atoms with Gasteiger partial charge in [0.2, 0.25) is 5.13 Å².